The summed E-state index contributed by atoms with van der Waals surface area (Å²) < 4.78 is 4.68. The highest BCUT2D eigenvalue weighted by atomic mass is 16.5. The highest BCUT2D eigenvalue weighted by Crippen LogP contribution is 2.14. The Morgan fingerprint density at radius 3 is 2.57 bits per heavy atom. The van der Waals surface area contributed by atoms with E-state index in [9.17, 15) is 14.4 Å². The van der Waals surface area contributed by atoms with Crippen molar-refractivity contribution in [3.63, 3.8) is 0 Å². The molecule has 6 nitrogen and oxygen atoms in total. The Kier molecular flexibility index (Phi) is 2.73. The molecule has 0 aromatic carbocycles. The van der Waals surface area contributed by atoms with Crippen molar-refractivity contribution >= 4 is 17.9 Å². The number of hydrogen-bond acceptors (Lipinski definition) is 4. The average molecular weight is 200 g/mol. The first-order valence-electron chi connectivity index (χ1n) is 4.27. The number of esters is 1. The van der Waals surface area contributed by atoms with Crippen LogP contribution in [-0.2, 0) is 14.3 Å². The molecule has 14 heavy (non-hydrogen) atoms. The normalized spacial score (nSPS) is 25.6. The number of urea groups is 1. The Morgan fingerprint density at radius 2 is 2.14 bits per heavy atom. The third kappa shape index (κ3) is 2.01. The van der Waals surface area contributed by atoms with Crippen molar-refractivity contribution in [2.75, 3.05) is 6.61 Å². The first-order chi connectivity index (χ1) is 6.48. The number of carbonyl (C=O) groups excluding carboxylic acids is 3. The molecule has 1 aliphatic heterocycles. The van der Waals surface area contributed by atoms with Crippen LogP contribution in [0.2, 0.25) is 0 Å². The van der Waals surface area contributed by atoms with Gasteiger partial charge in [-0.2, -0.15) is 0 Å². The molecule has 0 spiro atoms. The first kappa shape index (κ1) is 10.5. The molecule has 2 N–H and O–H groups in total. The summed E-state index contributed by atoms with van der Waals surface area (Å²) in [6.07, 6.45) is -0.154. The van der Waals surface area contributed by atoms with Gasteiger partial charge in [0.25, 0.3) is 5.91 Å². The van der Waals surface area contributed by atoms with E-state index in [-0.39, 0.29) is 13.0 Å². The zero-order valence-electron chi connectivity index (χ0n) is 8.05. The van der Waals surface area contributed by atoms with E-state index < -0.39 is 23.4 Å². The van der Waals surface area contributed by atoms with Gasteiger partial charge in [0.05, 0.1) is 13.0 Å². The van der Waals surface area contributed by atoms with Gasteiger partial charge in [0, 0.05) is 0 Å². The van der Waals surface area contributed by atoms with Crippen molar-refractivity contribution in [2.45, 2.75) is 25.8 Å². The quantitative estimate of drug-likeness (QED) is 0.477. The van der Waals surface area contributed by atoms with Crippen molar-refractivity contribution in [3.05, 3.63) is 0 Å². The number of ether oxygens (including phenoxy) is 1. The number of hydrogen-bond donors (Lipinski definition) is 2. The summed E-state index contributed by atoms with van der Waals surface area (Å²) in [7, 11) is 0. The molecule has 1 saturated heterocycles. The predicted octanol–water partition coefficient (Wildman–Crippen LogP) is -0.462. The number of carbonyl (C=O) groups is 3. The molecule has 0 aromatic heterocycles. The van der Waals surface area contributed by atoms with Crippen LogP contribution < -0.4 is 10.6 Å². The van der Waals surface area contributed by atoms with Crippen LogP contribution in [-0.4, -0.2) is 30.1 Å². The lowest BCUT2D eigenvalue weighted by Crippen LogP contribution is -2.45. The fourth-order valence-electron chi connectivity index (χ4n) is 1.20. The summed E-state index contributed by atoms with van der Waals surface area (Å²) in [6, 6.07) is -0.582. The van der Waals surface area contributed by atoms with Crippen molar-refractivity contribution in [2.24, 2.45) is 0 Å². The van der Waals surface area contributed by atoms with Crippen LogP contribution in [0.15, 0.2) is 0 Å². The molecule has 0 unspecified atom stereocenters. The topological polar surface area (TPSA) is 84.5 Å². The van der Waals surface area contributed by atoms with Crippen LogP contribution in [0.25, 0.3) is 0 Å². The highest BCUT2D eigenvalue weighted by molar-refractivity contribution is 6.08. The molecular weight excluding hydrogens is 188 g/mol. The second-order valence-electron chi connectivity index (χ2n) is 3.22. The van der Waals surface area contributed by atoms with E-state index in [1.807, 2.05) is 0 Å². The molecule has 1 atom stereocenters. The van der Waals surface area contributed by atoms with Gasteiger partial charge in [-0.3, -0.25) is 14.9 Å². The van der Waals surface area contributed by atoms with Crippen LogP contribution in [0.4, 0.5) is 4.79 Å². The van der Waals surface area contributed by atoms with E-state index >= 15 is 0 Å². The maximum atomic E-state index is 11.2. The number of imide groups is 1. The number of amides is 3. The Hall–Kier alpha value is -1.59. The lowest BCUT2D eigenvalue weighted by atomic mass is 9.99. The molecular formula is C8H12N2O4. The average Bonchev–Trinajstić information content (AvgIpc) is 2.25. The summed E-state index contributed by atoms with van der Waals surface area (Å²) in [4.78, 5) is 33.2. The van der Waals surface area contributed by atoms with Crippen LogP contribution in [0.5, 0.6) is 0 Å². The predicted molar refractivity (Wildman–Crippen MR) is 46.3 cm³/mol. The van der Waals surface area contributed by atoms with Gasteiger partial charge in [0.2, 0.25) is 0 Å². The highest BCUT2D eigenvalue weighted by Gasteiger charge is 2.43. The minimum Gasteiger partial charge on any atom is -0.466 e. The third-order valence-corrected chi connectivity index (χ3v) is 1.92. The van der Waals surface area contributed by atoms with Gasteiger partial charge in [-0.1, -0.05) is 0 Å². The van der Waals surface area contributed by atoms with Crippen LogP contribution >= 0.6 is 0 Å². The van der Waals surface area contributed by atoms with Gasteiger partial charge in [-0.25, -0.2) is 4.79 Å². The van der Waals surface area contributed by atoms with Crippen LogP contribution in [0.3, 0.4) is 0 Å². The minimum absolute atomic E-state index is 0.154. The summed E-state index contributed by atoms with van der Waals surface area (Å²) in [5.74, 6) is -1.01. The lowest BCUT2D eigenvalue weighted by Gasteiger charge is -2.18. The van der Waals surface area contributed by atoms with Crippen LogP contribution in [0, 0.1) is 0 Å². The van der Waals surface area contributed by atoms with Gasteiger partial charge in [0.1, 0.15) is 5.54 Å². The van der Waals surface area contributed by atoms with Crippen molar-refractivity contribution < 1.29 is 19.1 Å². The van der Waals surface area contributed by atoms with E-state index in [2.05, 4.69) is 15.4 Å². The zero-order chi connectivity index (χ0) is 10.8. The second-order valence-corrected chi connectivity index (χ2v) is 3.22. The molecule has 1 rings (SSSR count). The fourth-order valence-corrected chi connectivity index (χ4v) is 1.20. The Morgan fingerprint density at radius 1 is 1.50 bits per heavy atom. The van der Waals surface area contributed by atoms with Crippen molar-refractivity contribution in [1.29, 1.82) is 0 Å². The SMILES string of the molecule is CCOC(=O)C[C@@]1(C)NC(=O)NC1=O. The number of rotatable bonds is 3. The summed E-state index contributed by atoms with van der Waals surface area (Å²) in [6.45, 7) is 3.40. The summed E-state index contributed by atoms with van der Waals surface area (Å²) in [5, 5.41) is 4.43. The molecule has 0 radical (unpaired) electrons. The molecule has 0 saturated carbocycles. The third-order valence-electron chi connectivity index (χ3n) is 1.92. The van der Waals surface area contributed by atoms with Crippen molar-refractivity contribution in [1.82, 2.24) is 10.6 Å². The van der Waals surface area contributed by atoms with E-state index in [0.29, 0.717) is 0 Å². The monoisotopic (exact) mass is 200 g/mol. The second kappa shape index (κ2) is 3.65. The smallest absolute Gasteiger partial charge is 0.322 e. The molecule has 1 aliphatic rings. The minimum atomic E-state index is -1.18. The molecule has 1 fully saturated rings. The maximum absolute atomic E-state index is 11.2. The summed E-state index contributed by atoms with van der Waals surface area (Å²) >= 11 is 0. The van der Waals surface area contributed by atoms with Crippen LogP contribution in [0.1, 0.15) is 20.3 Å². The van der Waals surface area contributed by atoms with E-state index in [4.69, 9.17) is 0 Å². The molecule has 0 bridgehead atoms. The Labute approximate surface area is 81.0 Å². The molecule has 0 aliphatic carbocycles. The van der Waals surface area contributed by atoms with Gasteiger partial charge in [0.15, 0.2) is 0 Å². The zero-order valence-corrected chi connectivity index (χ0v) is 8.05. The standard InChI is InChI=1S/C8H12N2O4/c1-3-14-5(11)4-8(2)6(12)9-7(13)10-8/h3-4H2,1-2H3,(H2,9,10,12,13)/t8-/m1/s1. The fraction of sp³-hybridized carbons (Fsp3) is 0.625. The molecule has 6 heteroatoms. The van der Waals surface area contributed by atoms with Gasteiger partial charge < -0.3 is 10.1 Å². The molecule has 3 amide bonds. The van der Waals surface area contributed by atoms with Gasteiger partial charge >= 0.3 is 12.0 Å². The molecule has 78 valence electrons. The van der Waals surface area contributed by atoms with E-state index in [1.165, 1.54) is 6.92 Å². The Balaban J connectivity index is 2.62. The molecule has 1 heterocycles. The van der Waals surface area contributed by atoms with E-state index in [0.717, 1.165) is 0 Å². The van der Waals surface area contributed by atoms with Gasteiger partial charge in [-0.05, 0) is 13.8 Å². The van der Waals surface area contributed by atoms with Crippen molar-refractivity contribution in [3.8, 4) is 0 Å². The maximum Gasteiger partial charge on any atom is 0.322 e. The van der Waals surface area contributed by atoms with Gasteiger partial charge in [-0.15, -0.1) is 0 Å². The largest absolute Gasteiger partial charge is 0.466 e. The van der Waals surface area contributed by atoms with E-state index in [1.54, 1.807) is 6.92 Å². The first-order valence-corrected chi connectivity index (χ1v) is 4.27. The Bertz CT molecular complexity index is 289. The lowest BCUT2D eigenvalue weighted by molar-refractivity contribution is -0.146. The summed E-state index contributed by atoms with van der Waals surface area (Å²) in [5.41, 5.74) is -1.18. The number of nitrogens with one attached hydrogen (secondary N) is 2. The molecule has 0 aromatic rings.